The van der Waals surface area contributed by atoms with E-state index in [1.807, 2.05) is 6.07 Å². The highest BCUT2D eigenvalue weighted by Gasteiger charge is 2.32. The van der Waals surface area contributed by atoms with Crippen molar-refractivity contribution in [2.45, 2.75) is 57.5 Å². The number of aryl methyl sites for hydroxylation is 1. The molecule has 1 aromatic heterocycles. The maximum Gasteiger partial charge on any atom is 0.262 e. The first-order chi connectivity index (χ1) is 12.8. The summed E-state index contributed by atoms with van der Waals surface area (Å²) >= 11 is 6.42. The minimum absolute atomic E-state index is 0.00423. The van der Waals surface area contributed by atoms with Crippen LogP contribution in [0.15, 0.2) is 5.57 Å². The van der Waals surface area contributed by atoms with Crippen LogP contribution in [0.25, 0.3) is 6.08 Å². The summed E-state index contributed by atoms with van der Waals surface area (Å²) < 4.78 is 25.0. The van der Waals surface area contributed by atoms with Crippen molar-refractivity contribution in [2.24, 2.45) is 0 Å². The highest BCUT2D eigenvalue weighted by Crippen LogP contribution is 2.31. The second-order valence-electron chi connectivity index (χ2n) is 7.27. The largest absolute Gasteiger partial charge is 0.349 e. The molecule has 0 aromatic carbocycles. The van der Waals surface area contributed by atoms with Crippen molar-refractivity contribution < 1.29 is 13.2 Å². The summed E-state index contributed by atoms with van der Waals surface area (Å²) in [5.74, 6) is -0.286. The lowest BCUT2D eigenvalue weighted by atomic mass is 9.95. The Balaban J connectivity index is 1.82. The van der Waals surface area contributed by atoms with Gasteiger partial charge in [-0.1, -0.05) is 30.9 Å². The second-order valence-corrected chi connectivity index (χ2v) is 9.86. The van der Waals surface area contributed by atoms with E-state index >= 15 is 0 Å². The maximum absolute atomic E-state index is 12.5. The van der Waals surface area contributed by atoms with Gasteiger partial charge in [-0.05, 0) is 32.3 Å². The molecular formula is C18H23ClN4O3S. The summed E-state index contributed by atoms with van der Waals surface area (Å²) in [7, 11) is -3.07. The fraction of sp³-hybridized carbons (Fsp3) is 0.611. The lowest BCUT2D eigenvalue weighted by Crippen LogP contribution is -2.36. The number of carbonyl (C=O) groups is 1. The Labute approximate surface area is 164 Å². The summed E-state index contributed by atoms with van der Waals surface area (Å²) in [5, 5.41) is 17.0. The Hall–Kier alpha value is -1.85. The van der Waals surface area contributed by atoms with E-state index in [0.29, 0.717) is 17.7 Å². The molecule has 1 aliphatic carbocycles. The highest BCUT2D eigenvalue weighted by atomic mass is 35.5. The zero-order chi connectivity index (χ0) is 19.6. The molecule has 1 aliphatic heterocycles. The predicted octanol–water partition coefficient (Wildman–Crippen LogP) is 2.56. The van der Waals surface area contributed by atoms with Gasteiger partial charge in [0, 0.05) is 11.6 Å². The lowest BCUT2D eigenvalue weighted by molar-refractivity contribution is -0.117. The van der Waals surface area contributed by atoms with Gasteiger partial charge in [0.15, 0.2) is 9.84 Å². The van der Waals surface area contributed by atoms with Crippen LogP contribution in [0.4, 0.5) is 0 Å². The summed E-state index contributed by atoms with van der Waals surface area (Å²) in [5.41, 5.74) is 1.02. The van der Waals surface area contributed by atoms with Gasteiger partial charge in [-0.2, -0.15) is 10.4 Å². The van der Waals surface area contributed by atoms with Crippen LogP contribution in [0, 0.1) is 18.3 Å². The molecule has 7 nitrogen and oxygen atoms in total. The van der Waals surface area contributed by atoms with Crippen molar-refractivity contribution in [1.29, 1.82) is 5.26 Å². The monoisotopic (exact) mass is 410 g/mol. The number of nitriles is 1. The third kappa shape index (κ3) is 4.53. The number of nitrogens with zero attached hydrogens (tertiary/aromatic N) is 3. The molecule has 1 N–H and O–H groups in total. The number of rotatable bonds is 4. The van der Waals surface area contributed by atoms with Crippen molar-refractivity contribution in [3.63, 3.8) is 0 Å². The van der Waals surface area contributed by atoms with Gasteiger partial charge in [0.25, 0.3) is 5.91 Å². The van der Waals surface area contributed by atoms with Gasteiger partial charge in [0.1, 0.15) is 16.8 Å². The molecule has 27 heavy (non-hydrogen) atoms. The Morgan fingerprint density at radius 3 is 2.63 bits per heavy atom. The number of aromatic nitrogens is 2. The van der Waals surface area contributed by atoms with E-state index in [9.17, 15) is 18.5 Å². The Morgan fingerprint density at radius 1 is 1.33 bits per heavy atom. The number of amides is 1. The van der Waals surface area contributed by atoms with Crippen molar-refractivity contribution in [1.82, 2.24) is 15.1 Å². The minimum Gasteiger partial charge on any atom is -0.349 e. The molecule has 1 aromatic rings. The first kappa shape index (κ1) is 19.9. The molecule has 2 heterocycles. The second kappa shape index (κ2) is 8.03. The van der Waals surface area contributed by atoms with Crippen molar-refractivity contribution in [2.75, 3.05) is 11.5 Å². The molecule has 0 bridgehead atoms. The fourth-order valence-electron chi connectivity index (χ4n) is 3.71. The zero-order valence-corrected chi connectivity index (χ0v) is 16.8. The third-order valence-electron chi connectivity index (χ3n) is 5.22. The SMILES string of the molecule is Cc1nn([C@@H]2CCS(=O)(=O)C2)c(Cl)c1/C=C(\C#N)C(=O)NC1CCCCC1. The zero-order valence-electron chi connectivity index (χ0n) is 15.2. The molecule has 0 spiro atoms. The summed E-state index contributed by atoms with van der Waals surface area (Å²) in [6.07, 6.45) is 7.11. The van der Waals surface area contributed by atoms with Gasteiger partial charge in [-0.25, -0.2) is 13.1 Å². The third-order valence-corrected chi connectivity index (χ3v) is 7.35. The minimum atomic E-state index is -3.07. The van der Waals surface area contributed by atoms with Crippen LogP contribution < -0.4 is 5.32 Å². The van der Waals surface area contributed by atoms with Gasteiger partial charge in [-0.15, -0.1) is 0 Å². The van der Waals surface area contributed by atoms with E-state index in [1.165, 1.54) is 17.2 Å². The molecule has 1 amide bonds. The first-order valence-corrected chi connectivity index (χ1v) is 11.4. The Kier molecular flexibility index (Phi) is 5.92. The smallest absolute Gasteiger partial charge is 0.262 e. The summed E-state index contributed by atoms with van der Waals surface area (Å²) in [4.78, 5) is 12.5. The van der Waals surface area contributed by atoms with E-state index in [-0.39, 0.29) is 34.3 Å². The van der Waals surface area contributed by atoms with Gasteiger partial charge in [0.05, 0.1) is 23.2 Å². The molecule has 1 saturated carbocycles. The fourth-order valence-corrected chi connectivity index (χ4v) is 5.77. The molecule has 2 fully saturated rings. The summed E-state index contributed by atoms with van der Waals surface area (Å²) in [6, 6.07) is 1.73. The van der Waals surface area contributed by atoms with Gasteiger partial charge < -0.3 is 5.32 Å². The van der Waals surface area contributed by atoms with E-state index in [0.717, 1.165) is 25.7 Å². The van der Waals surface area contributed by atoms with Crippen LogP contribution in [0.1, 0.15) is 55.8 Å². The number of hydrogen-bond acceptors (Lipinski definition) is 5. The lowest BCUT2D eigenvalue weighted by Gasteiger charge is -2.22. The maximum atomic E-state index is 12.5. The van der Waals surface area contributed by atoms with Gasteiger partial charge in [0.2, 0.25) is 0 Å². The Bertz CT molecular complexity index is 908. The molecule has 3 rings (SSSR count). The molecule has 9 heteroatoms. The number of nitrogens with one attached hydrogen (secondary N) is 1. The molecule has 2 aliphatic rings. The molecule has 0 unspecified atom stereocenters. The normalized spacial score (nSPS) is 23.1. The van der Waals surface area contributed by atoms with E-state index < -0.39 is 15.7 Å². The van der Waals surface area contributed by atoms with E-state index in [1.54, 1.807) is 6.92 Å². The molecule has 1 saturated heterocycles. The van der Waals surface area contributed by atoms with Crippen molar-refractivity contribution in [3.05, 3.63) is 22.0 Å². The van der Waals surface area contributed by atoms with Crippen molar-refractivity contribution >= 4 is 33.4 Å². The molecule has 146 valence electrons. The van der Waals surface area contributed by atoms with E-state index in [2.05, 4.69) is 10.4 Å². The van der Waals surface area contributed by atoms with Gasteiger partial charge >= 0.3 is 0 Å². The average Bonchev–Trinajstić information content (AvgIpc) is 3.13. The van der Waals surface area contributed by atoms with Crippen LogP contribution in [-0.2, 0) is 14.6 Å². The average molecular weight is 411 g/mol. The predicted molar refractivity (Wildman–Crippen MR) is 103 cm³/mol. The first-order valence-electron chi connectivity index (χ1n) is 9.18. The molecular weight excluding hydrogens is 388 g/mol. The number of halogens is 1. The quantitative estimate of drug-likeness (QED) is 0.606. The van der Waals surface area contributed by atoms with Crippen LogP contribution in [0.2, 0.25) is 5.15 Å². The van der Waals surface area contributed by atoms with Crippen LogP contribution in [-0.4, -0.2) is 41.7 Å². The van der Waals surface area contributed by atoms with Crippen molar-refractivity contribution in [3.8, 4) is 6.07 Å². The Morgan fingerprint density at radius 2 is 2.04 bits per heavy atom. The molecule has 0 radical (unpaired) electrons. The topological polar surface area (TPSA) is 105 Å². The van der Waals surface area contributed by atoms with E-state index in [4.69, 9.17) is 11.6 Å². The van der Waals surface area contributed by atoms with Crippen LogP contribution in [0.3, 0.4) is 0 Å². The number of sulfone groups is 1. The van der Waals surface area contributed by atoms with Crippen LogP contribution in [0.5, 0.6) is 0 Å². The standard InChI is InChI=1S/C18H23ClN4O3S/c1-12-16(17(19)23(22-12)15-7-8-27(25,26)11-15)9-13(10-20)18(24)21-14-5-3-2-4-6-14/h9,14-15H,2-8,11H2,1H3,(H,21,24)/b13-9+/t15-/m1/s1. The number of carbonyl (C=O) groups excluding carboxylic acids is 1. The summed E-state index contributed by atoms with van der Waals surface area (Å²) in [6.45, 7) is 1.73. The van der Waals surface area contributed by atoms with Crippen LogP contribution >= 0.6 is 11.6 Å². The molecule has 1 atom stereocenters. The highest BCUT2D eigenvalue weighted by molar-refractivity contribution is 7.91. The number of hydrogen-bond donors (Lipinski definition) is 1. The van der Waals surface area contributed by atoms with Gasteiger partial charge in [-0.3, -0.25) is 4.79 Å².